The molecule has 0 aliphatic carbocycles. The third-order valence-electron chi connectivity index (χ3n) is 4.13. The van der Waals surface area contributed by atoms with Crippen molar-refractivity contribution in [2.75, 3.05) is 35.0 Å². The van der Waals surface area contributed by atoms with E-state index in [2.05, 4.69) is 15.6 Å². The molecule has 0 atom stereocenters. The lowest BCUT2D eigenvalue weighted by molar-refractivity contribution is 0.347. The first-order chi connectivity index (χ1) is 13.6. The van der Waals surface area contributed by atoms with Crippen molar-refractivity contribution in [1.82, 2.24) is 10.6 Å². The third kappa shape index (κ3) is 7.19. The van der Waals surface area contributed by atoms with E-state index >= 15 is 0 Å². The molecule has 0 spiro atoms. The van der Waals surface area contributed by atoms with E-state index in [9.17, 15) is 0 Å². The van der Waals surface area contributed by atoms with Crippen molar-refractivity contribution in [2.45, 2.75) is 20.0 Å². The molecule has 0 aromatic heterocycles. The second-order valence-corrected chi connectivity index (χ2v) is 5.92. The van der Waals surface area contributed by atoms with Gasteiger partial charge in [0.15, 0.2) is 17.5 Å². The van der Waals surface area contributed by atoms with Gasteiger partial charge in [-0.05, 0) is 30.7 Å². The number of benzene rings is 2. The van der Waals surface area contributed by atoms with Crippen LogP contribution in [0.5, 0.6) is 23.0 Å². The van der Waals surface area contributed by atoms with Crippen LogP contribution in [-0.4, -0.2) is 40.9 Å². The highest BCUT2D eigenvalue weighted by Gasteiger charge is 2.12. The van der Waals surface area contributed by atoms with Crippen LogP contribution in [0, 0.1) is 0 Å². The summed E-state index contributed by atoms with van der Waals surface area (Å²) in [6.07, 6.45) is 0. The summed E-state index contributed by atoms with van der Waals surface area (Å²) in [6.45, 7) is 3.84. The van der Waals surface area contributed by atoms with Crippen molar-refractivity contribution in [1.29, 1.82) is 0 Å². The second kappa shape index (κ2) is 13.0. The number of methoxy groups -OCH3 is 4. The fourth-order valence-electron chi connectivity index (χ4n) is 2.69. The maximum atomic E-state index is 5.48. The predicted molar refractivity (Wildman–Crippen MR) is 126 cm³/mol. The zero-order chi connectivity index (χ0) is 20.4. The number of hydrogen-bond acceptors (Lipinski definition) is 5. The molecule has 2 rings (SSSR count). The molecule has 0 aliphatic rings. The summed E-state index contributed by atoms with van der Waals surface area (Å²) < 4.78 is 21.5. The zero-order valence-electron chi connectivity index (χ0n) is 17.6. The topological polar surface area (TPSA) is 73.3 Å². The lowest BCUT2D eigenvalue weighted by Gasteiger charge is -2.16. The molecule has 2 aromatic rings. The van der Waals surface area contributed by atoms with Gasteiger partial charge in [0.05, 0.1) is 35.0 Å². The summed E-state index contributed by atoms with van der Waals surface area (Å²) in [6, 6.07) is 11.6. The molecule has 0 aliphatic heterocycles. The van der Waals surface area contributed by atoms with E-state index in [0.717, 1.165) is 23.4 Å². The van der Waals surface area contributed by atoms with Crippen LogP contribution in [0.15, 0.2) is 41.4 Å². The Morgan fingerprint density at radius 1 is 0.862 bits per heavy atom. The SMILES string of the molecule is CCNC(=NCc1cccc(OC)c1)NCc1cc(OC)c(OC)cc1OC.I. The fraction of sp³-hybridized carbons (Fsp3) is 0.381. The van der Waals surface area contributed by atoms with Crippen molar-refractivity contribution in [3.05, 3.63) is 47.5 Å². The Kier molecular flexibility index (Phi) is 11.0. The Morgan fingerprint density at radius 3 is 2.17 bits per heavy atom. The van der Waals surface area contributed by atoms with Gasteiger partial charge in [-0.1, -0.05) is 12.1 Å². The number of nitrogens with zero attached hydrogens (tertiary/aromatic N) is 1. The molecule has 2 aromatic carbocycles. The molecule has 8 heteroatoms. The van der Waals surface area contributed by atoms with E-state index in [1.165, 1.54) is 0 Å². The zero-order valence-corrected chi connectivity index (χ0v) is 19.9. The minimum absolute atomic E-state index is 0. The van der Waals surface area contributed by atoms with Crippen molar-refractivity contribution < 1.29 is 18.9 Å². The summed E-state index contributed by atoms with van der Waals surface area (Å²) in [5.41, 5.74) is 2.01. The van der Waals surface area contributed by atoms with Crippen molar-refractivity contribution >= 4 is 29.9 Å². The summed E-state index contributed by atoms with van der Waals surface area (Å²) in [7, 11) is 6.50. The van der Waals surface area contributed by atoms with Crippen LogP contribution in [0.2, 0.25) is 0 Å². The molecule has 0 radical (unpaired) electrons. The average molecular weight is 515 g/mol. The molecule has 0 unspecified atom stereocenters. The Bertz CT molecular complexity index is 799. The molecule has 0 amide bonds. The average Bonchev–Trinajstić information content (AvgIpc) is 2.75. The first-order valence-electron chi connectivity index (χ1n) is 9.09. The van der Waals surface area contributed by atoms with E-state index < -0.39 is 0 Å². The normalized spacial score (nSPS) is 10.6. The number of aliphatic imine (C=N–C) groups is 1. The van der Waals surface area contributed by atoms with Crippen LogP contribution in [0.1, 0.15) is 18.1 Å². The van der Waals surface area contributed by atoms with Crippen LogP contribution < -0.4 is 29.6 Å². The van der Waals surface area contributed by atoms with Crippen LogP contribution >= 0.6 is 24.0 Å². The van der Waals surface area contributed by atoms with E-state index in [-0.39, 0.29) is 24.0 Å². The third-order valence-corrected chi connectivity index (χ3v) is 4.13. The Morgan fingerprint density at radius 2 is 1.55 bits per heavy atom. The monoisotopic (exact) mass is 515 g/mol. The van der Waals surface area contributed by atoms with Gasteiger partial charge in [-0.3, -0.25) is 0 Å². The van der Waals surface area contributed by atoms with E-state index in [0.29, 0.717) is 36.3 Å². The second-order valence-electron chi connectivity index (χ2n) is 5.92. The van der Waals surface area contributed by atoms with Gasteiger partial charge in [0.1, 0.15) is 11.5 Å². The van der Waals surface area contributed by atoms with E-state index in [1.807, 2.05) is 43.3 Å². The Balaban J connectivity index is 0.00000420. The maximum Gasteiger partial charge on any atom is 0.191 e. The lowest BCUT2D eigenvalue weighted by Crippen LogP contribution is -2.36. The highest BCUT2D eigenvalue weighted by atomic mass is 127. The smallest absolute Gasteiger partial charge is 0.191 e. The minimum Gasteiger partial charge on any atom is -0.497 e. The number of ether oxygens (including phenoxy) is 4. The highest BCUT2D eigenvalue weighted by molar-refractivity contribution is 14.0. The molecular formula is C21H30IN3O4. The van der Waals surface area contributed by atoms with Crippen LogP contribution in [0.25, 0.3) is 0 Å². The first kappa shape index (κ1) is 24.7. The maximum absolute atomic E-state index is 5.48. The van der Waals surface area contributed by atoms with Gasteiger partial charge in [0, 0.05) is 24.7 Å². The largest absolute Gasteiger partial charge is 0.497 e. The van der Waals surface area contributed by atoms with Gasteiger partial charge in [0.25, 0.3) is 0 Å². The van der Waals surface area contributed by atoms with Crippen LogP contribution in [0.4, 0.5) is 0 Å². The Hall–Kier alpha value is -2.36. The molecule has 0 heterocycles. The predicted octanol–water partition coefficient (Wildman–Crippen LogP) is 3.59. The van der Waals surface area contributed by atoms with Gasteiger partial charge in [-0.2, -0.15) is 0 Å². The van der Waals surface area contributed by atoms with Crippen molar-refractivity contribution in [3.8, 4) is 23.0 Å². The number of halogens is 1. The van der Waals surface area contributed by atoms with Crippen LogP contribution in [-0.2, 0) is 13.1 Å². The summed E-state index contributed by atoms with van der Waals surface area (Å²) in [5.74, 6) is 3.52. The number of hydrogen-bond donors (Lipinski definition) is 2. The molecule has 29 heavy (non-hydrogen) atoms. The van der Waals surface area contributed by atoms with Gasteiger partial charge < -0.3 is 29.6 Å². The molecule has 0 fully saturated rings. The van der Waals surface area contributed by atoms with Crippen molar-refractivity contribution in [3.63, 3.8) is 0 Å². The summed E-state index contributed by atoms with van der Waals surface area (Å²) >= 11 is 0. The number of guanidine groups is 1. The van der Waals surface area contributed by atoms with Gasteiger partial charge in [-0.25, -0.2) is 4.99 Å². The number of rotatable bonds is 9. The first-order valence-corrected chi connectivity index (χ1v) is 9.09. The fourth-order valence-corrected chi connectivity index (χ4v) is 2.69. The van der Waals surface area contributed by atoms with E-state index in [4.69, 9.17) is 18.9 Å². The van der Waals surface area contributed by atoms with Crippen LogP contribution in [0.3, 0.4) is 0 Å². The van der Waals surface area contributed by atoms with Gasteiger partial charge in [0.2, 0.25) is 0 Å². The minimum atomic E-state index is 0. The Labute approximate surface area is 189 Å². The van der Waals surface area contributed by atoms with Gasteiger partial charge in [-0.15, -0.1) is 24.0 Å². The summed E-state index contributed by atoms with van der Waals surface area (Å²) in [4.78, 5) is 4.65. The molecule has 0 bridgehead atoms. The van der Waals surface area contributed by atoms with E-state index in [1.54, 1.807) is 28.4 Å². The number of nitrogens with one attached hydrogen (secondary N) is 2. The quantitative estimate of drug-likeness (QED) is 0.302. The molecular weight excluding hydrogens is 485 g/mol. The summed E-state index contributed by atoms with van der Waals surface area (Å²) in [5, 5.41) is 6.58. The molecule has 0 saturated heterocycles. The molecule has 0 saturated carbocycles. The standard InChI is InChI=1S/C21H29N3O4.HI/c1-6-22-21(23-13-15-8-7-9-17(10-15)25-2)24-14-16-11-19(27-4)20(28-5)12-18(16)26-3;/h7-12H,6,13-14H2,1-5H3,(H2,22,23,24);1H. The van der Waals surface area contributed by atoms with Crippen molar-refractivity contribution in [2.24, 2.45) is 4.99 Å². The van der Waals surface area contributed by atoms with Gasteiger partial charge >= 0.3 is 0 Å². The lowest BCUT2D eigenvalue weighted by atomic mass is 10.1. The molecule has 160 valence electrons. The highest BCUT2D eigenvalue weighted by Crippen LogP contribution is 2.34. The molecule has 2 N–H and O–H groups in total. The molecule has 7 nitrogen and oxygen atoms in total.